The van der Waals surface area contributed by atoms with Crippen LogP contribution in [0.4, 0.5) is 5.95 Å². The fraction of sp³-hybridized carbons (Fsp3) is 0.500. The van der Waals surface area contributed by atoms with Crippen LogP contribution in [0.3, 0.4) is 0 Å². The van der Waals surface area contributed by atoms with Gasteiger partial charge in [-0.2, -0.15) is 0 Å². The number of aliphatic hydroxyl groups is 1. The van der Waals surface area contributed by atoms with Gasteiger partial charge in [-0.1, -0.05) is 74.3 Å². The summed E-state index contributed by atoms with van der Waals surface area (Å²) < 4.78 is 2.05. The smallest absolute Gasteiger partial charge is 0.396 e. The van der Waals surface area contributed by atoms with E-state index in [2.05, 4.69) is 16.8 Å². The predicted octanol–water partition coefficient (Wildman–Crippen LogP) is 0.399. The van der Waals surface area contributed by atoms with Crippen molar-refractivity contribution in [3.05, 3.63) is 54.4 Å². The largest absolute Gasteiger partial charge is 1.00 e. The normalized spacial score (nSPS) is 18.7. The van der Waals surface area contributed by atoms with Crippen molar-refractivity contribution in [2.75, 3.05) is 11.4 Å². The molecule has 0 spiro atoms. The van der Waals surface area contributed by atoms with E-state index in [4.69, 9.17) is 0 Å². The lowest BCUT2D eigenvalue weighted by atomic mass is 10.0. The average molecular weight is 406 g/mol. The van der Waals surface area contributed by atoms with E-state index in [-0.39, 0.29) is 17.0 Å². The van der Waals surface area contributed by atoms with Gasteiger partial charge in [-0.25, -0.2) is 9.47 Å². The SMILES string of the molecule is CCCCCCCCN1c2nccc[n+]2CC1(O)c1ccccc1.[Br-]. The summed E-state index contributed by atoms with van der Waals surface area (Å²) in [7, 11) is 0. The van der Waals surface area contributed by atoms with E-state index in [9.17, 15) is 5.11 Å². The first kappa shape index (κ1) is 19.9. The van der Waals surface area contributed by atoms with E-state index in [0.717, 1.165) is 24.5 Å². The molecule has 0 fully saturated rings. The van der Waals surface area contributed by atoms with E-state index in [1.54, 1.807) is 6.20 Å². The van der Waals surface area contributed by atoms with E-state index in [1.165, 1.54) is 32.1 Å². The first-order valence-electron chi connectivity index (χ1n) is 9.15. The second-order valence-corrected chi connectivity index (χ2v) is 6.65. The molecular weight excluding hydrogens is 378 g/mol. The summed E-state index contributed by atoms with van der Waals surface area (Å²) in [5, 5.41) is 11.4. The van der Waals surface area contributed by atoms with Crippen molar-refractivity contribution in [1.29, 1.82) is 0 Å². The molecule has 0 aliphatic carbocycles. The number of nitrogens with zero attached hydrogens (tertiary/aromatic N) is 3. The van der Waals surface area contributed by atoms with Crippen LogP contribution in [0.1, 0.15) is 51.0 Å². The van der Waals surface area contributed by atoms with Gasteiger partial charge in [0.05, 0.1) is 12.7 Å². The van der Waals surface area contributed by atoms with Gasteiger partial charge in [-0.3, -0.25) is 0 Å². The molecule has 0 radical (unpaired) electrons. The summed E-state index contributed by atoms with van der Waals surface area (Å²) in [4.78, 5) is 6.59. The molecule has 4 nitrogen and oxygen atoms in total. The standard InChI is InChI=1S/C20H28N3O.BrH/c1-2-3-4-5-6-10-16-23-19-21-14-11-15-22(19)17-20(23,24)18-12-8-7-9-13-18;/h7-9,11-15,24H,2-6,10,16-17H2,1H3;1H/q+1;/p-1. The van der Waals surface area contributed by atoms with E-state index < -0.39 is 5.72 Å². The quantitative estimate of drug-likeness (QED) is 0.510. The van der Waals surface area contributed by atoms with Crippen LogP contribution in [0.5, 0.6) is 0 Å². The molecule has 1 aliphatic heterocycles. The predicted molar refractivity (Wildman–Crippen MR) is 95.5 cm³/mol. The summed E-state index contributed by atoms with van der Waals surface area (Å²) in [6.45, 7) is 3.59. The Labute approximate surface area is 161 Å². The van der Waals surface area contributed by atoms with Crippen molar-refractivity contribution in [2.45, 2.75) is 57.7 Å². The molecule has 5 heteroatoms. The zero-order valence-electron chi connectivity index (χ0n) is 14.9. The summed E-state index contributed by atoms with van der Waals surface area (Å²) >= 11 is 0. The van der Waals surface area contributed by atoms with Crippen LogP contribution >= 0.6 is 0 Å². The molecule has 0 saturated heterocycles. The fourth-order valence-corrected chi connectivity index (χ4v) is 3.52. The highest BCUT2D eigenvalue weighted by molar-refractivity contribution is 5.37. The third-order valence-corrected chi connectivity index (χ3v) is 4.85. The molecular formula is C20H28BrN3O. The highest BCUT2D eigenvalue weighted by atomic mass is 79.9. The van der Waals surface area contributed by atoms with Gasteiger partial charge in [0.1, 0.15) is 12.7 Å². The minimum absolute atomic E-state index is 0. The second kappa shape index (κ2) is 9.30. The Balaban J connectivity index is 0.00000225. The Morgan fingerprint density at radius 1 is 1.08 bits per heavy atom. The Morgan fingerprint density at radius 2 is 1.80 bits per heavy atom. The lowest BCUT2D eigenvalue weighted by Crippen LogP contribution is -3.00. The minimum atomic E-state index is -1.01. The molecule has 2 heterocycles. The molecule has 3 rings (SSSR count). The molecule has 0 bridgehead atoms. The van der Waals surface area contributed by atoms with Crippen molar-refractivity contribution < 1.29 is 26.7 Å². The third-order valence-electron chi connectivity index (χ3n) is 4.85. The highest BCUT2D eigenvalue weighted by Gasteiger charge is 2.50. The van der Waals surface area contributed by atoms with Crippen LogP contribution in [0.15, 0.2) is 48.8 Å². The number of hydrogen-bond donors (Lipinski definition) is 1. The van der Waals surface area contributed by atoms with Crippen molar-refractivity contribution in [2.24, 2.45) is 0 Å². The maximum atomic E-state index is 11.4. The molecule has 0 amide bonds. The van der Waals surface area contributed by atoms with Gasteiger partial charge in [0.2, 0.25) is 5.72 Å². The maximum Gasteiger partial charge on any atom is 0.396 e. The minimum Gasteiger partial charge on any atom is -1.00 e. The summed E-state index contributed by atoms with van der Waals surface area (Å²) in [5.41, 5.74) is -0.0760. The summed E-state index contributed by atoms with van der Waals surface area (Å²) in [6.07, 6.45) is 11.3. The first-order chi connectivity index (χ1) is 11.8. The van der Waals surface area contributed by atoms with Crippen molar-refractivity contribution >= 4 is 5.95 Å². The lowest BCUT2D eigenvalue weighted by Gasteiger charge is -2.28. The summed E-state index contributed by atoms with van der Waals surface area (Å²) in [6, 6.07) is 11.9. The van der Waals surface area contributed by atoms with Crippen LogP contribution < -0.4 is 26.4 Å². The molecule has 2 aromatic rings. The van der Waals surface area contributed by atoms with Crippen molar-refractivity contribution in [3.8, 4) is 0 Å². The maximum absolute atomic E-state index is 11.4. The molecule has 0 saturated carbocycles. The number of halogens is 1. The zero-order valence-corrected chi connectivity index (χ0v) is 16.5. The molecule has 136 valence electrons. The first-order valence-corrected chi connectivity index (χ1v) is 9.15. The van der Waals surface area contributed by atoms with Crippen LogP contribution in [0.2, 0.25) is 0 Å². The van der Waals surface area contributed by atoms with Crippen molar-refractivity contribution in [3.63, 3.8) is 0 Å². The molecule has 1 aromatic heterocycles. The monoisotopic (exact) mass is 405 g/mol. The number of rotatable bonds is 8. The Kier molecular flexibility index (Phi) is 7.38. The summed E-state index contributed by atoms with van der Waals surface area (Å²) in [5.74, 6) is 0.859. The van der Waals surface area contributed by atoms with E-state index in [0.29, 0.717) is 6.54 Å². The molecule has 1 N–H and O–H groups in total. The van der Waals surface area contributed by atoms with Crippen LogP contribution in [0, 0.1) is 0 Å². The van der Waals surface area contributed by atoms with Crippen LogP contribution in [-0.2, 0) is 12.3 Å². The average Bonchev–Trinajstić information content (AvgIpc) is 2.92. The fourth-order valence-electron chi connectivity index (χ4n) is 3.52. The number of hydrogen-bond acceptors (Lipinski definition) is 3. The van der Waals surface area contributed by atoms with Gasteiger partial charge in [0, 0.05) is 11.6 Å². The number of benzene rings is 1. The Hall–Kier alpha value is -1.46. The number of fused-ring (bicyclic) bond motifs is 1. The number of aromatic nitrogens is 2. The molecule has 1 aromatic carbocycles. The molecule has 1 aliphatic rings. The Bertz CT molecular complexity index is 652. The molecule has 1 atom stereocenters. The van der Waals surface area contributed by atoms with Gasteiger partial charge in [-0.15, -0.1) is 0 Å². The number of anilines is 1. The van der Waals surface area contributed by atoms with Gasteiger partial charge >= 0.3 is 5.95 Å². The third kappa shape index (κ3) is 4.39. The Morgan fingerprint density at radius 3 is 2.56 bits per heavy atom. The second-order valence-electron chi connectivity index (χ2n) is 6.65. The van der Waals surface area contributed by atoms with E-state index >= 15 is 0 Å². The van der Waals surface area contributed by atoms with Crippen molar-refractivity contribution in [1.82, 2.24) is 4.98 Å². The van der Waals surface area contributed by atoms with Gasteiger partial charge < -0.3 is 22.1 Å². The molecule has 25 heavy (non-hydrogen) atoms. The van der Waals surface area contributed by atoms with Gasteiger partial charge in [-0.05, 0) is 6.42 Å². The van der Waals surface area contributed by atoms with Gasteiger partial charge in [0.25, 0.3) is 0 Å². The van der Waals surface area contributed by atoms with E-state index in [1.807, 2.05) is 47.2 Å². The van der Waals surface area contributed by atoms with Crippen LogP contribution in [-0.4, -0.2) is 16.6 Å². The lowest BCUT2D eigenvalue weighted by molar-refractivity contribution is -0.685. The number of unbranched alkanes of at least 4 members (excludes halogenated alkanes) is 5. The zero-order chi connectivity index (χ0) is 16.8. The van der Waals surface area contributed by atoms with Gasteiger partial charge in [0.15, 0.2) is 0 Å². The highest BCUT2D eigenvalue weighted by Crippen LogP contribution is 2.33. The topological polar surface area (TPSA) is 40.2 Å². The van der Waals surface area contributed by atoms with Crippen LogP contribution in [0.25, 0.3) is 0 Å². The molecule has 1 unspecified atom stereocenters.